The van der Waals surface area contributed by atoms with Crippen LogP contribution in [0.25, 0.3) is 0 Å². The molecule has 4 nitrogen and oxygen atoms in total. The molecule has 0 saturated heterocycles. The Hall–Kier alpha value is -0.750. The summed E-state index contributed by atoms with van der Waals surface area (Å²) in [7, 11) is -3.28. The zero-order valence-electron chi connectivity index (χ0n) is 8.69. The first-order chi connectivity index (χ1) is 6.97. The highest BCUT2D eigenvalue weighted by Gasteiger charge is 2.19. The minimum absolute atomic E-state index is 0.0566. The van der Waals surface area contributed by atoms with Crippen LogP contribution in [0.3, 0.4) is 0 Å². The van der Waals surface area contributed by atoms with E-state index in [2.05, 4.69) is 4.98 Å². The van der Waals surface area contributed by atoms with E-state index in [1.807, 2.05) is 6.92 Å². The van der Waals surface area contributed by atoms with Crippen LogP contribution in [-0.4, -0.2) is 24.9 Å². The van der Waals surface area contributed by atoms with Gasteiger partial charge in [0.25, 0.3) is 0 Å². The van der Waals surface area contributed by atoms with Crippen molar-refractivity contribution in [3.05, 3.63) is 11.1 Å². The SMILES string of the molecule is CCCCS(=O)(=O)c1ncc(C(C)=O)s1. The summed E-state index contributed by atoms with van der Waals surface area (Å²) in [6.07, 6.45) is 2.77. The maximum absolute atomic E-state index is 11.7. The molecule has 0 aliphatic carbocycles. The normalized spacial score (nSPS) is 11.6. The second-order valence-corrected chi connectivity index (χ2v) is 6.53. The number of unbranched alkanes of at least 4 members (excludes halogenated alkanes) is 1. The molecular weight excluding hydrogens is 234 g/mol. The van der Waals surface area contributed by atoms with Crippen molar-refractivity contribution in [3.8, 4) is 0 Å². The zero-order chi connectivity index (χ0) is 11.5. The van der Waals surface area contributed by atoms with Crippen molar-refractivity contribution in [3.63, 3.8) is 0 Å². The molecule has 1 aromatic rings. The van der Waals surface area contributed by atoms with Crippen molar-refractivity contribution in [2.45, 2.75) is 31.0 Å². The van der Waals surface area contributed by atoms with E-state index in [9.17, 15) is 13.2 Å². The summed E-state index contributed by atoms with van der Waals surface area (Å²) >= 11 is 0.950. The molecule has 0 aliphatic heterocycles. The molecule has 0 amide bonds. The molecule has 0 N–H and O–H groups in total. The molecule has 0 atom stereocenters. The van der Waals surface area contributed by atoms with E-state index in [0.29, 0.717) is 11.3 Å². The molecule has 0 fully saturated rings. The lowest BCUT2D eigenvalue weighted by Gasteiger charge is -1.97. The molecule has 1 rings (SSSR count). The second-order valence-electron chi connectivity index (χ2n) is 3.22. The highest BCUT2D eigenvalue weighted by Crippen LogP contribution is 2.20. The largest absolute Gasteiger partial charge is 0.294 e. The van der Waals surface area contributed by atoms with Crippen LogP contribution in [0.5, 0.6) is 0 Å². The lowest BCUT2D eigenvalue weighted by molar-refractivity contribution is 0.102. The highest BCUT2D eigenvalue weighted by molar-refractivity contribution is 7.93. The Bertz CT molecular complexity index is 448. The molecule has 6 heteroatoms. The van der Waals surface area contributed by atoms with Crippen LogP contribution in [0.2, 0.25) is 0 Å². The van der Waals surface area contributed by atoms with Crippen molar-refractivity contribution in [2.24, 2.45) is 0 Å². The molecular formula is C9H13NO3S2. The van der Waals surface area contributed by atoms with Crippen LogP contribution in [0.4, 0.5) is 0 Å². The fourth-order valence-electron chi connectivity index (χ4n) is 0.986. The van der Waals surface area contributed by atoms with Gasteiger partial charge in [-0.05, 0) is 6.42 Å². The van der Waals surface area contributed by atoms with Gasteiger partial charge in [-0.15, -0.1) is 0 Å². The predicted octanol–water partition coefficient (Wildman–Crippen LogP) is 1.92. The Kier molecular flexibility index (Phi) is 3.98. The first kappa shape index (κ1) is 12.3. The van der Waals surface area contributed by atoms with E-state index in [-0.39, 0.29) is 15.9 Å². The van der Waals surface area contributed by atoms with Crippen LogP contribution in [0, 0.1) is 0 Å². The number of carbonyl (C=O) groups is 1. The fourth-order valence-corrected chi connectivity index (χ4v) is 3.61. The number of carbonyl (C=O) groups excluding carboxylic acids is 1. The number of hydrogen-bond donors (Lipinski definition) is 0. The Morgan fingerprint density at radius 3 is 2.67 bits per heavy atom. The Morgan fingerprint density at radius 1 is 1.53 bits per heavy atom. The lowest BCUT2D eigenvalue weighted by Crippen LogP contribution is -2.05. The number of nitrogens with zero attached hydrogens (tertiary/aromatic N) is 1. The van der Waals surface area contributed by atoms with Gasteiger partial charge in [-0.2, -0.15) is 0 Å². The number of aromatic nitrogens is 1. The van der Waals surface area contributed by atoms with Crippen molar-refractivity contribution < 1.29 is 13.2 Å². The number of sulfone groups is 1. The van der Waals surface area contributed by atoms with Crippen LogP contribution in [0.1, 0.15) is 36.4 Å². The van der Waals surface area contributed by atoms with Crippen molar-refractivity contribution in [1.29, 1.82) is 0 Å². The average Bonchev–Trinajstić information content (AvgIpc) is 2.64. The molecule has 1 aromatic heterocycles. The molecule has 0 unspecified atom stereocenters. The number of Topliss-reactive ketones (excluding diaryl/α,β-unsaturated/α-hetero) is 1. The number of ketones is 1. The van der Waals surface area contributed by atoms with Crippen LogP contribution >= 0.6 is 11.3 Å². The van der Waals surface area contributed by atoms with E-state index in [4.69, 9.17) is 0 Å². The number of thiazole rings is 1. The van der Waals surface area contributed by atoms with E-state index in [0.717, 1.165) is 17.8 Å². The monoisotopic (exact) mass is 247 g/mol. The maximum Gasteiger partial charge on any atom is 0.209 e. The van der Waals surface area contributed by atoms with Crippen molar-refractivity contribution in [1.82, 2.24) is 4.98 Å². The number of rotatable bonds is 5. The third kappa shape index (κ3) is 3.10. The number of hydrogen-bond acceptors (Lipinski definition) is 5. The van der Waals surface area contributed by atoms with Gasteiger partial charge in [0.15, 0.2) is 5.78 Å². The van der Waals surface area contributed by atoms with Gasteiger partial charge in [0, 0.05) is 6.92 Å². The second kappa shape index (κ2) is 4.85. The quantitative estimate of drug-likeness (QED) is 0.746. The molecule has 0 bridgehead atoms. The topological polar surface area (TPSA) is 64.1 Å². The summed E-state index contributed by atoms with van der Waals surface area (Å²) in [6, 6.07) is 0. The first-order valence-electron chi connectivity index (χ1n) is 4.67. The van der Waals surface area contributed by atoms with Gasteiger partial charge >= 0.3 is 0 Å². The van der Waals surface area contributed by atoms with Gasteiger partial charge in [-0.1, -0.05) is 24.7 Å². The van der Waals surface area contributed by atoms with E-state index >= 15 is 0 Å². The third-order valence-electron chi connectivity index (χ3n) is 1.86. The fraction of sp³-hybridized carbons (Fsp3) is 0.556. The minimum atomic E-state index is -3.28. The van der Waals surface area contributed by atoms with Crippen LogP contribution in [-0.2, 0) is 9.84 Å². The molecule has 0 saturated carbocycles. The predicted molar refractivity (Wildman–Crippen MR) is 59.1 cm³/mol. The Labute approximate surface area is 93.3 Å². The van der Waals surface area contributed by atoms with Gasteiger partial charge in [-0.3, -0.25) is 4.79 Å². The minimum Gasteiger partial charge on any atom is -0.294 e. The van der Waals surface area contributed by atoms with Gasteiger partial charge < -0.3 is 0 Å². The molecule has 0 radical (unpaired) electrons. The highest BCUT2D eigenvalue weighted by atomic mass is 32.2. The van der Waals surface area contributed by atoms with Gasteiger partial charge in [0.05, 0.1) is 16.8 Å². The molecule has 0 aromatic carbocycles. The van der Waals surface area contributed by atoms with Gasteiger partial charge in [0.1, 0.15) is 0 Å². The Balaban J connectivity index is 2.91. The maximum atomic E-state index is 11.7. The standard InChI is InChI=1S/C9H13NO3S2/c1-3-4-5-15(12,13)9-10-6-8(14-9)7(2)11/h6H,3-5H2,1-2H3. The van der Waals surface area contributed by atoms with Gasteiger partial charge in [-0.25, -0.2) is 13.4 Å². The van der Waals surface area contributed by atoms with Gasteiger partial charge in [0.2, 0.25) is 14.2 Å². The molecule has 15 heavy (non-hydrogen) atoms. The summed E-state index contributed by atoms with van der Waals surface area (Å²) in [5.74, 6) is -0.0432. The molecule has 0 spiro atoms. The van der Waals surface area contributed by atoms with Crippen molar-refractivity contribution >= 4 is 27.0 Å². The summed E-state index contributed by atoms with van der Waals surface area (Å²) in [4.78, 5) is 15.1. The summed E-state index contributed by atoms with van der Waals surface area (Å²) in [5.41, 5.74) is 0. The molecule has 0 aliphatic rings. The van der Waals surface area contributed by atoms with Crippen molar-refractivity contribution in [2.75, 3.05) is 5.75 Å². The Morgan fingerprint density at radius 2 is 2.20 bits per heavy atom. The van der Waals surface area contributed by atoms with E-state index in [1.165, 1.54) is 13.1 Å². The smallest absolute Gasteiger partial charge is 0.209 e. The third-order valence-corrected chi connectivity index (χ3v) is 5.23. The first-order valence-corrected chi connectivity index (χ1v) is 7.13. The van der Waals surface area contributed by atoms with E-state index in [1.54, 1.807) is 0 Å². The summed E-state index contributed by atoms with van der Waals surface area (Å²) in [6.45, 7) is 3.33. The lowest BCUT2D eigenvalue weighted by atomic mass is 10.4. The summed E-state index contributed by atoms with van der Waals surface area (Å²) < 4.78 is 23.4. The zero-order valence-corrected chi connectivity index (χ0v) is 10.3. The van der Waals surface area contributed by atoms with Crippen LogP contribution < -0.4 is 0 Å². The average molecular weight is 247 g/mol. The van der Waals surface area contributed by atoms with E-state index < -0.39 is 9.84 Å². The summed E-state index contributed by atoms with van der Waals surface area (Å²) in [5, 5.41) is 0. The molecule has 84 valence electrons. The van der Waals surface area contributed by atoms with Crippen LogP contribution in [0.15, 0.2) is 10.5 Å². The molecule has 1 heterocycles.